The van der Waals surface area contributed by atoms with E-state index in [1.54, 1.807) is 12.4 Å². The lowest BCUT2D eigenvalue weighted by molar-refractivity contribution is 0.824. The van der Waals surface area contributed by atoms with Gasteiger partial charge in [0.2, 0.25) is 17.1 Å². The molecule has 1 aliphatic rings. The van der Waals surface area contributed by atoms with E-state index in [0.717, 1.165) is 30.7 Å². The molecule has 2 aromatic rings. The van der Waals surface area contributed by atoms with Crippen LogP contribution in [-0.4, -0.2) is 44.6 Å². The topological polar surface area (TPSA) is 82.6 Å². The maximum atomic E-state index is 4.54. The summed E-state index contributed by atoms with van der Waals surface area (Å²) in [4.78, 5) is 22.9. The first-order valence-corrected chi connectivity index (χ1v) is 7.59. The van der Waals surface area contributed by atoms with Crippen molar-refractivity contribution in [3.05, 3.63) is 12.4 Å². The second-order valence-electron chi connectivity index (χ2n) is 4.46. The van der Waals surface area contributed by atoms with Gasteiger partial charge >= 0.3 is 0 Å². The molecule has 0 atom stereocenters. The van der Waals surface area contributed by atoms with Crippen LogP contribution in [0.1, 0.15) is 19.8 Å². The Balaban J connectivity index is 1.87. The molecule has 0 aromatic carbocycles. The van der Waals surface area contributed by atoms with Gasteiger partial charge in [0.05, 0.1) is 0 Å². The maximum Gasteiger partial charge on any atom is 0.231 e. The van der Waals surface area contributed by atoms with Crippen LogP contribution in [0.4, 0.5) is 11.9 Å². The van der Waals surface area contributed by atoms with Crippen LogP contribution >= 0.6 is 11.8 Å². The molecule has 20 heavy (non-hydrogen) atoms. The summed E-state index contributed by atoms with van der Waals surface area (Å²) in [6, 6.07) is 0. The molecule has 1 aliphatic heterocycles. The number of rotatable bonds is 5. The van der Waals surface area contributed by atoms with Gasteiger partial charge in [-0.2, -0.15) is 15.0 Å². The summed E-state index contributed by atoms with van der Waals surface area (Å²) in [6.07, 6.45) is 5.90. The quantitative estimate of drug-likeness (QED) is 0.868. The molecule has 0 radical (unpaired) electrons. The Morgan fingerprint density at radius 1 is 1.30 bits per heavy atom. The van der Waals surface area contributed by atoms with Gasteiger partial charge < -0.3 is 15.2 Å². The van der Waals surface area contributed by atoms with Crippen molar-refractivity contribution in [3.8, 4) is 0 Å². The van der Waals surface area contributed by atoms with E-state index < -0.39 is 0 Å². The van der Waals surface area contributed by atoms with E-state index in [2.05, 4.69) is 35.1 Å². The van der Waals surface area contributed by atoms with E-state index in [4.69, 9.17) is 0 Å². The molecule has 0 aliphatic carbocycles. The van der Waals surface area contributed by atoms with E-state index in [1.807, 2.05) is 6.92 Å². The smallest absolute Gasteiger partial charge is 0.231 e. The van der Waals surface area contributed by atoms with Crippen molar-refractivity contribution in [3.63, 3.8) is 0 Å². The minimum Gasteiger partial charge on any atom is -0.354 e. The molecule has 0 amide bonds. The number of aromatic amines is 1. The molecule has 2 N–H and O–H groups in total. The molecule has 1 saturated heterocycles. The average Bonchev–Trinajstić information content (AvgIpc) is 3.11. The van der Waals surface area contributed by atoms with Crippen LogP contribution in [0.15, 0.2) is 22.7 Å². The summed E-state index contributed by atoms with van der Waals surface area (Å²) in [6.45, 7) is 4.84. The van der Waals surface area contributed by atoms with Crippen molar-refractivity contribution >= 4 is 23.7 Å². The van der Waals surface area contributed by atoms with Crippen molar-refractivity contribution < 1.29 is 0 Å². The lowest BCUT2D eigenvalue weighted by Crippen LogP contribution is -2.21. The zero-order chi connectivity index (χ0) is 13.8. The molecule has 1 fully saturated rings. The summed E-state index contributed by atoms with van der Waals surface area (Å²) in [5.74, 6) is 1.38. The molecule has 106 valence electrons. The standard InChI is InChI=1S/C12H17N7S/c1-2-13-9-16-10(19-7-3-4-8-19)18-12(17-9)20-11-14-5-6-15-11/h5-6H,2-4,7-8H2,1H3,(H,14,15)(H,13,16,17,18). The second kappa shape index (κ2) is 6.08. The average molecular weight is 291 g/mol. The number of nitrogens with zero attached hydrogens (tertiary/aromatic N) is 5. The Morgan fingerprint density at radius 2 is 2.15 bits per heavy atom. The minimum atomic E-state index is 0.624. The highest BCUT2D eigenvalue weighted by atomic mass is 32.2. The summed E-state index contributed by atoms with van der Waals surface area (Å²) in [5, 5.41) is 4.60. The van der Waals surface area contributed by atoms with Crippen molar-refractivity contribution in [1.29, 1.82) is 0 Å². The molecular formula is C12H17N7S. The first-order valence-electron chi connectivity index (χ1n) is 6.77. The monoisotopic (exact) mass is 291 g/mol. The lowest BCUT2D eigenvalue weighted by atomic mass is 10.4. The third-order valence-electron chi connectivity index (χ3n) is 2.99. The van der Waals surface area contributed by atoms with E-state index >= 15 is 0 Å². The summed E-state index contributed by atoms with van der Waals surface area (Å²) in [5.41, 5.74) is 0. The predicted octanol–water partition coefficient (Wildman–Crippen LogP) is 1.78. The number of anilines is 2. The molecule has 0 bridgehead atoms. The number of imidazole rings is 1. The van der Waals surface area contributed by atoms with Crippen LogP contribution in [0.5, 0.6) is 0 Å². The van der Waals surface area contributed by atoms with Crippen LogP contribution in [0.2, 0.25) is 0 Å². The first-order chi connectivity index (χ1) is 9.85. The van der Waals surface area contributed by atoms with Crippen LogP contribution in [0, 0.1) is 0 Å². The molecule has 0 saturated carbocycles. The van der Waals surface area contributed by atoms with E-state index in [9.17, 15) is 0 Å². The lowest BCUT2D eigenvalue weighted by Gasteiger charge is -2.16. The number of aromatic nitrogens is 5. The molecule has 7 nitrogen and oxygen atoms in total. The highest BCUT2D eigenvalue weighted by molar-refractivity contribution is 7.99. The summed E-state index contributed by atoms with van der Waals surface area (Å²) < 4.78 is 0. The number of hydrogen-bond donors (Lipinski definition) is 2. The highest BCUT2D eigenvalue weighted by Crippen LogP contribution is 2.24. The van der Waals surface area contributed by atoms with Gasteiger partial charge in [-0.15, -0.1) is 0 Å². The Kier molecular flexibility index (Phi) is 4.00. The minimum absolute atomic E-state index is 0.624. The number of hydrogen-bond acceptors (Lipinski definition) is 7. The Hall–Kier alpha value is -1.83. The molecule has 8 heteroatoms. The predicted molar refractivity (Wildman–Crippen MR) is 78.1 cm³/mol. The summed E-state index contributed by atoms with van der Waals surface area (Å²) in [7, 11) is 0. The normalized spacial score (nSPS) is 14.8. The van der Waals surface area contributed by atoms with Crippen LogP contribution < -0.4 is 10.2 Å². The van der Waals surface area contributed by atoms with Gasteiger partial charge in [0.15, 0.2) is 5.16 Å². The van der Waals surface area contributed by atoms with Crippen molar-refractivity contribution in [2.24, 2.45) is 0 Å². The maximum absolute atomic E-state index is 4.54. The number of H-pyrrole nitrogens is 1. The van der Waals surface area contributed by atoms with E-state index in [1.165, 1.54) is 24.6 Å². The zero-order valence-electron chi connectivity index (χ0n) is 11.3. The van der Waals surface area contributed by atoms with Gasteiger partial charge in [-0.05, 0) is 31.5 Å². The second-order valence-corrected chi connectivity index (χ2v) is 5.42. The fraction of sp³-hybridized carbons (Fsp3) is 0.500. The highest BCUT2D eigenvalue weighted by Gasteiger charge is 2.18. The third-order valence-corrected chi connectivity index (χ3v) is 3.77. The van der Waals surface area contributed by atoms with Gasteiger partial charge in [-0.3, -0.25) is 0 Å². The van der Waals surface area contributed by atoms with Crippen molar-refractivity contribution in [1.82, 2.24) is 24.9 Å². The fourth-order valence-corrected chi connectivity index (χ4v) is 2.75. The molecule has 2 aromatic heterocycles. The Morgan fingerprint density at radius 3 is 2.85 bits per heavy atom. The molecule has 3 rings (SSSR count). The zero-order valence-corrected chi connectivity index (χ0v) is 12.2. The molecule has 3 heterocycles. The summed E-state index contributed by atoms with van der Waals surface area (Å²) >= 11 is 1.41. The molecule has 0 unspecified atom stereocenters. The van der Waals surface area contributed by atoms with Crippen LogP contribution in [-0.2, 0) is 0 Å². The molecule has 0 spiro atoms. The Bertz CT molecular complexity index is 551. The molecular weight excluding hydrogens is 274 g/mol. The van der Waals surface area contributed by atoms with Gasteiger partial charge in [-0.1, -0.05) is 0 Å². The van der Waals surface area contributed by atoms with E-state index in [0.29, 0.717) is 11.1 Å². The third kappa shape index (κ3) is 3.01. The van der Waals surface area contributed by atoms with Gasteiger partial charge in [0.25, 0.3) is 0 Å². The first kappa shape index (κ1) is 13.2. The number of nitrogens with one attached hydrogen (secondary N) is 2. The van der Waals surface area contributed by atoms with E-state index in [-0.39, 0.29) is 0 Å². The Labute approximate surface area is 121 Å². The van der Waals surface area contributed by atoms with Gasteiger partial charge in [-0.25, -0.2) is 4.98 Å². The van der Waals surface area contributed by atoms with Gasteiger partial charge in [0, 0.05) is 32.0 Å². The fourth-order valence-electron chi connectivity index (χ4n) is 2.08. The van der Waals surface area contributed by atoms with Crippen LogP contribution in [0.3, 0.4) is 0 Å². The van der Waals surface area contributed by atoms with Crippen molar-refractivity contribution in [2.75, 3.05) is 29.9 Å². The van der Waals surface area contributed by atoms with Gasteiger partial charge in [0.1, 0.15) is 0 Å². The van der Waals surface area contributed by atoms with Crippen LogP contribution in [0.25, 0.3) is 0 Å². The largest absolute Gasteiger partial charge is 0.354 e. The van der Waals surface area contributed by atoms with Crippen molar-refractivity contribution in [2.45, 2.75) is 30.1 Å². The SMILES string of the molecule is CCNc1nc(Sc2ncc[nH]2)nc(N2CCCC2)n1.